The van der Waals surface area contributed by atoms with Gasteiger partial charge in [0.2, 0.25) is 5.91 Å². The Balaban J connectivity index is 1.10. The van der Waals surface area contributed by atoms with Crippen LogP contribution in [0.15, 0.2) is 65.6 Å². The molecule has 3 atom stereocenters. The summed E-state index contributed by atoms with van der Waals surface area (Å²) in [4.78, 5) is 30.0. The number of carbonyl (C=O) groups excluding carboxylic acids is 2. The second-order valence-electron chi connectivity index (χ2n) is 13.9. The highest BCUT2D eigenvalue weighted by Gasteiger charge is 2.53. The lowest BCUT2D eigenvalue weighted by Gasteiger charge is -2.45. The second kappa shape index (κ2) is 16.4. The van der Waals surface area contributed by atoms with Gasteiger partial charge in [0.05, 0.1) is 23.0 Å². The standard InChI is InChI=1S/C37H48FN5O6S/c1-41(2)18-5-11-35(44)43-24-32(25-43)50(46,47)31-14-12-30(13-15-31)48-22-6-19-42-20-16-27(17-21-42)37(26-39,28-7-3-8-29(38)23-28)33-9-4-10-34(33)49-36(40)45/h3,5,7-8,11-15,23,27,32-34H,4,6,9-10,16-22,24-25H2,1-2H3,(H2,40,45)/b11-5+/t33-,34-,37-/m0/s1. The first-order valence-corrected chi connectivity index (χ1v) is 18.9. The number of hydrogen-bond acceptors (Lipinski definition) is 9. The molecule has 5 rings (SSSR count). The molecule has 1 aliphatic carbocycles. The van der Waals surface area contributed by atoms with Crippen molar-refractivity contribution in [3.05, 3.63) is 72.1 Å². The molecule has 0 spiro atoms. The Hall–Kier alpha value is -3.99. The van der Waals surface area contributed by atoms with Crippen LogP contribution in [-0.2, 0) is 24.8 Å². The molecule has 11 nitrogen and oxygen atoms in total. The van der Waals surface area contributed by atoms with E-state index in [1.807, 2.05) is 25.1 Å². The predicted octanol–water partition coefficient (Wildman–Crippen LogP) is 4.13. The number of nitrogens with two attached hydrogens (primary N) is 1. The molecule has 50 heavy (non-hydrogen) atoms. The van der Waals surface area contributed by atoms with Crippen LogP contribution in [0.4, 0.5) is 9.18 Å². The van der Waals surface area contributed by atoms with Crippen LogP contribution >= 0.6 is 0 Å². The number of nitrogens with zero attached hydrogens (tertiary/aromatic N) is 4. The monoisotopic (exact) mass is 709 g/mol. The number of sulfone groups is 1. The number of nitriles is 1. The first-order chi connectivity index (χ1) is 23.9. The smallest absolute Gasteiger partial charge is 0.404 e. The SMILES string of the molecule is CN(C)C/C=C/C(=O)N1CC(S(=O)(=O)c2ccc(OCCCN3CCC([C@@](C#N)(c4cccc(F)c4)[C@H]4CCC[C@@H]4OC(N)=O)CC3)cc2)C1. The largest absolute Gasteiger partial charge is 0.494 e. The molecule has 0 aromatic heterocycles. The van der Waals surface area contributed by atoms with Crippen molar-refractivity contribution < 1.29 is 31.9 Å². The third-order valence-corrected chi connectivity index (χ3v) is 12.5. The molecule has 2 N–H and O–H groups in total. The highest BCUT2D eigenvalue weighted by atomic mass is 32.2. The van der Waals surface area contributed by atoms with Crippen molar-refractivity contribution in [2.75, 3.05) is 60.0 Å². The van der Waals surface area contributed by atoms with Gasteiger partial charge in [0.25, 0.3) is 0 Å². The Bertz CT molecular complexity index is 1670. The van der Waals surface area contributed by atoms with Gasteiger partial charge in [0, 0.05) is 38.2 Å². The number of hydrogen-bond donors (Lipinski definition) is 1. The normalized spacial score (nSPS) is 21.9. The lowest BCUT2D eigenvalue weighted by atomic mass is 9.59. The molecule has 0 bridgehead atoms. The van der Waals surface area contributed by atoms with E-state index in [9.17, 15) is 27.7 Å². The van der Waals surface area contributed by atoms with Crippen LogP contribution in [0.3, 0.4) is 0 Å². The van der Waals surface area contributed by atoms with Crippen molar-refractivity contribution >= 4 is 21.8 Å². The van der Waals surface area contributed by atoms with Crippen LogP contribution in [0.25, 0.3) is 0 Å². The van der Waals surface area contributed by atoms with Crippen LogP contribution in [0.5, 0.6) is 5.75 Å². The summed E-state index contributed by atoms with van der Waals surface area (Å²) in [5.41, 5.74) is 5.01. The van der Waals surface area contributed by atoms with Gasteiger partial charge in [-0.25, -0.2) is 17.6 Å². The van der Waals surface area contributed by atoms with Crippen LogP contribution < -0.4 is 10.5 Å². The fourth-order valence-electron chi connectivity index (χ4n) is 7.77. The molecule has 2 aromatic carbocycles. The van der Waals surface area contributed by atoms with Crippen molar-refractivity contribution in [2.24, 2.45) is 17.6 Å². The van der Waals surface area contributed by atoms with Gasteiger partial charge in [-0.3, -0.25) is 4.79 Å². The maximum absolute atomic E-state index is 14.5. The summed E-state index contributed by atoms with van der Waals surface area (Å²) in [6.45, 7) is 3.76. The predicted molar refractivity (Wildman–Crippen MR) is 186 cm³/mol. The van der Waals surface area contributed by atoms with E-state index in [1.54, 1.807) is 36.4 Å². The number of benzene rings is 2. The van der Waals surface area contributed by atoms with Gasteiger partial charge in [-0.1, -0.05) is 18.2 Å². The van der Waals surface area contributed by atoms with E-state index < -0.39 is 38.5 Å². The van der Waals surface area contributed by atoms with Gasteiger partial charge in [0.15, 0.2) is 9.84 Å². The molecule has 2 aliphatic heterocycles. The molecule has 3 fully saturated rings. The zero-order chi connectivity index (χ0) is 35.9. The van der Waals surface area contributed by atoms with E-state index >= 15 is 0 Å². The molecule has 13 heteroatoms. The highest BCUT2D eigenvalue weighted by Crippen LogP contribution is 2.51. The molecule has 0 radical (unpaired) electrons. The number of rotatable bonds is 14. The Kier molecular flexibility index (Phi) is 12.2. The Morgan fingerprint density at radius 2 is 1.82 bits per heavy atom. The van der Waals surface area contributed by atoms with Crippen LogP contribution in [0.1, 0.15) is 44.1 Å². The number of piperidine rings is 1. The van der Waals surface area contributed by atoms with E-state index in [4.69, 9.17) is 15.2 Å². The van der Waals surface area contributed by atoms with E-state index in [0.29, 0.717) is 37.3 Å². The van der Waals surface area contributed by atoms with Crippen molar-refractivity contribution in [1.29, 1.82) is 5.26 Å². The average Bonchev–Trinajstić information content (AvgIpc) is 3.51. The number of halogens is 1. The Morgan fingerprint density at radius 1 is 1.10 bits per heavy atom. The number of ether oxygens (including phenoxy) is 2. The lowest BCUT2D eigenvalue weighted by Crippen LogP contribution is -2.56. The van der Waals surface area contributed by atoms with E-state index in [0.717, 1.165) is 45.3 Å². The van der Waals surface area contributed by atoms with E-state index in [-0.39, 0.29) is 35.7 Å². The van der Waals surface area contributed by atoms with Gasteiger partial charge in [-0.05, 0) is 114 Å². The van der Waals surface area contributed by atoms with Gasteiger partial charge >= 0.3 is 6.09 Å². The fourth-order valence-corrected chi connectivity index (χ4v) is 9.42. The van der Waals surface area contributed by atoms with Crippen LogP contribution in [-0.4, -0.2) is 106 Å². The summed E-state index contributed by atoms with van der Waals surface area (Å²) in [5.74, 6) is -0.325. The van der Waals surface area contributed by atoms with Gasteiger partial charge in [0.1, 0.15) is 22.9 Å². The topological polar surface area (TPSA) is 146 Å². The molecule has 0 unspecified atom stereocenters. The van der Waals surface area contributed by atoms with E-state index in [1.165, 1.54) is 23.1 Å². The molecule has 2 heterocycles. The Labute approximate surface area is 294 Å². The first-order valence-electron chi connectivity index (χ1n) is 17.4. The van der Waals surface area contributed by atoms with Gasteiger partial charge < -0.3 is 29.9 Å². The molecule has 1 saturated carbocycles. The molecule has 270 valence electrons. The minimum Gasteiger partial charge on any atom is -0.494 e. The van der Waals surface area contributed by atoms with Crippen molar-refractivity contribution in [2.45, 2.75) is 60.2 Å². The quantitative estimate of drug-likeness (QED) is 0.226. The number of carbonyl (C=O) groups is 2. The summed E-state index contributed by atoms with van der Waals surface area (Å²) in [6, 6.07) is 15.3. The number of amides is 2. The highest BCUT2D eigenvalue weighted by molar-refractivity contribution is 7.92. The van der Waals surface area contributed by atoms with Crippen molar-refractivity contribution in [1.82, 2.24) is 14.7 Å². The third-order valence-electron chi connectivity index (χ3n) is 10.4. The maximum atomic E-state index is 14.5. The first kappa shape index (κ1) is 37.3. The van der Waals surface area contributed by atoms with Crippen LogP contribution in [0.2, 0.25) is 0 Å². The van der Waals surface area contributed by atoms with Gasteiger partial charge in [-0.15, -0.1) is 0 Å². The maximum Gasteiger partial charge on any atom is 0.404 e. The average molecular weight is 710 g/mol. The number of likely N-dealkylation sites (N-methyl/N-ethyl adjacent to an activating group) is 1. The van der Waals surface area contributed by atoms with Crippen LogP contribution in [0, 0.1) is 29.0 Å². The molecule has 3 aliphatic rings. The summed E-state index contributed by atoms with van der Waals surface area (Å²) >= 11 is 0. The van der Waals surface area contributed by atoms with Crippen molar-refractivity contribution in [3.8, 4) is 11.8 Å². The third kappa shape index (κ3) is 8.48. The number of primary amides is 1. The summed E-state index contributed by atoms with van der Waals surface area (Å²) in [6.07, 6.45) is 6.26. The lowest BCUT2D eigenvalue weighted by molar-refractivity contribution is -0.129. The molecule has 2 aromatic rings. The van der Waals surface area contributed by atoms with Gasteiger partial charge in [-0.2, -0.15) is 5.26 Å². The summed E-state index contributed by atoms with van der Waals surface area (Å²) in [5, 5.41) is 10.2. The van der Waals surface area contributed by atoms with Crippen molar-refractivity contribution in [3.63, 3.8) is 0 Å². The summed E-state index contributed by atoms with van der Waals surface area (Å²) in [7, 11) is 0.245. The molecule has 2 amide bonds. The molecular formula is C37H48FN5O6S. The fraction of sp³-hybridized carbons (Fsp3) is 0.541. The minimum absolute atomic E-state index is 0.0490. The zero-order valence-electron chi connectivity index (χ0n) is 28.9. The number of likely N-dealkylation sites (tertiary alicyclic amines) is 2. The Morgan fingerprint density at radius 3 is 2.46 bits per heavy atom. The minimum atomic E-state index is -3.56. The molecular weight excluding hydrogens is 662 g/mol. The molecule has 2 saturated heterocycles. The zero-order valence-corrected chi connectivity index (χ0v) is 29.7. The summed E-state index contributed by atoms with van der Waals surface area (Å²) < 4.78 is 52.1. The van der Waals surface area contributed by atoms with E-state index in [2.05, 4.69) is 11.0 Å². The second-order valence-corrected chi connectivity index (χ2v) is 16.1.